The monoisotopic (exact) mass is 317 g/mol. The Balaban J connectivity index is 2.85. The first-order valence-corrected chi connectivity index (χ1v) is 8.13. The summed E-state index contributed by atoms with van der Waals surface area (Å²) in [5.41, 5.74) is 0.947. The molecule has 1 aromatic rings. The molecule has 7 heteroatoms. The maximum atomic E-state index is 11.4. The van der Waals surface area contributed by atoms with E-state index in [0.717, 1.165) is 0 Å². The Kier molecular flexibility index (Phi) is 5.59. The van der Waals surface area contributed by atoms with Gasteiger partial charge in [0.05, 0.1) is 4.90 Å². The summed E-state index contributed by atoms with van der Waals surface area (Å²) in [4.78, 5) is 11.4. The largest absolute Gasteiger partial charge is 0.484 e. The number of carbonyl (C=O) groups excluding carboxylic acids is 1. The van der Waals surface area contributed by atoms with E-state index in [1.165, 1.54) is 12.1 Å². The maximum Gasteiger partial charge on any atom is 0.261 e. The molecular weight excluding hydrogens is 302 g/mol. The summed E-state index contributed by atoms with van der Waals surface area (Å²) in [5.74, 6) is 0.132. The third-order valence-corrected chi connectivity index (χ3v) is 4.09. The lowest BCUT2D eigenvalue weighted by Gasteiger charge is -2.11. The Bertz CT molecular complexity index is 602. The minimum absolute atomic E-state index is 0.0719. The molecule has 110 valence electrons. The number of hydrogen-bond donors (Lipinski definition) is 1. The molecule has 0 saturated heterocycles. The van der Waals surface area contributed by atoms with Crippen LogP contribution in [0, 0.1) is 13.8 Å². The molecule has 0 aliphatic heterocycles. The second kappa shape index (κ2) is 6.76. The summed E-state index contributed by atoms with van der Waals surface area (Å²) < 4.78 is 28.2. The number of benzene rings is 1. The number of nitrogens with one attached hydrogen (secondary N) is 1. The van der Waals surface area contributed by atoms with Crippen molar-refractivity contribution in [2.24, 2.45) is 0 Å². The SMILES string of the molecule is C=CCNC(=O)COc1cc(C)c(S(=O)(=O)Cl)c(C)c1. The van der Waals surface area contributed by atoms with Crippen molar-refractivity contribution in [2.75, 3.05) is 13.2 Å². The van der Waals surface area contributed by atoms with E-state index in [-0.39, 0.29) is 17.4 Å². The van der Waals surface area contributed by atoms with E-state index < -0.39 is 9.05 Å². The summed E-state index contributed by atoms with van der Waals surface area (Å²) >= 11 is 0. The Hall–Kier alpha value is -1.53. The zero-order valence-electron chi connectivity index (χ0n) is 11.3. The van der Waals surface area contributed by atoms with Crippen LogP contribution in [-0.2, 0) is 13.8 Å². The van der Waals surface area contributed by atoms with Gasteiger partial charge in [-0.1, -0.05) is 6.08 Å². The van der Waals surface area contributed by atoms with E-state index in [9.17, 15) is 13.2 Å². The van der Waals surface area contributed by atoms with Crippen LogP contribution >= 0.6 is 10.7 Å². The molecule has 0 aromatic heterocycles. The Morgan fingerprint density at radius 2 is 1.95 bits per heavy atom. The maximum absolute atomic E-state index is 11.4. The number of ether oxygens (including phenoxy) is 1. The average molecular weight is 318 g/mol. The molecule has 0 heterocycles. The highest BCUT2D eigenvalue weighted by molar-refractivity contribution is 8.13. The van der Waals surface area contributed by atoms with Gasteiger partial charge in [-0.15, -0.1) is 6.58 Å². The molecule has 1 amide bonds. The quantitative estimate of drug-likeness (QED) is 0.642. The van der Waals surface area contributed by atoms with Gasteiger partial charge in [0.15, 0.2) is 6.61 Å². The van der Waals surface area contributed by atoms with E-state index in [1.54, 1.807) is 19.9 Å². The van der Waals surface area contributed by atoms with E-state index in [2.05, 4.69) is 11.9 Å². The normalized spacial score (nSPS) is 10.9. The predicted molar refractivity (Wildman–Crippen MR) is 77.7 cm³/mol. The fourth-order valence-electron chi connectivity index (χ4n) is 1.76. The van der Waals surface area contributed by atoms with Crippen molar-refractivity contribution in [3.05, 3.63) is 35.9 Å². The summed E-state index contributed by atoms with van der Waals surface area (Å²) in [7, 11) is 1.57. The lowest BCUT2D eigenvalue weighted by Crippen LogP contribution is -2.28. The number of halogens is 1. The summed E-state index contributed by atoms with van der Waals surface area (Å²) in [5, 5.41) is 2.57. The van der Waals surface area contributed by atoms with Crippen molar-refractivity contribution in [2.45, 2.75) is 18.7 Å². The summed E-state index contributed by atoms with van der Waals surface area (Å²) in [6, 6.07) is 3.06. The number of carbonyl (C=O) groups is 1. The van der Waals surface area contributed by atoms with E-state index in [0.29, 0.717) is 23.4 Å². The van der Waals surface area contributed by atoms with Crippen LogP contribution in [0.2, 0.25) is 0 Å². The molecule has 0 aliphatic rings. The number of hydrogen-bond acceptors (Lipinski definition) is 4. The van der Waals surface area contributed by atoms with Crippen LogP contribution < -0.4 is 10.1 Å². The molecule has 0 radical (unpaired) electrons. The molecule has 1 aromatic carbocycles. The first kappa shape index (κ1) is 16.5. The summed E-state index contributed by atoms with van der Waals surface area (Å²) in [6.45, 7) is 6.93. The smallest absolute Gasteiger partial charge is 0.261 e. The van der Waals surface area contributed by atoms with E-state index >= 15 is 0 Å². The first-order valence-electron chi connectivity index (χ1n) is 5.82. The van der Waals surface area contributed by atoms with Gasteiger partial charge in [-0.25, -0.2) is 8.42 Å². The summed E-state index contributed by atoms with van der Waals surface area (Å²) in [6.07, 6.45) is 1.56. The zero-order valence-corrected chi connectivity index (χ0v) is 12.8. The number of aryl methyl sites for hydroxylation is 2. The second-order valence-corrected chi connectivity index (χ2v) is 6.71. The molecule has 1 rings (SSSR count). The van der Waals surface area contributed by atoms with Gasteiger partial charge in [0.25, 0.3) is 15.0 Å². The number of amides is 1. The van der Waals surface area contributed by atoms with Gasteiger partial charge in [-0.2, -0.15) is 0 Å². The second-order valence-electron chi connectivity index (χ2n) is 4.21. The molecule has 0 atom stereocenters. The van der Waals surface area contributed by atoms with Crippen molar-refractivity contribution >= 4 is 25.6 Å². The Morgan fingerprint density at radius 3 is 2.40 bits per heavy atom. The van der Waals surface area contributed by atoms with Gasteiger partial charge in [-0.05, 0) is 37.1 Å². The molecule has 0 unspecified atom stereocenters. The Labute approximate surface area is 123 Å². The molecule has 0 saturated carbocycles. The topological polar surface area (TPSA) is 72.5 Å². The molecular formula is C13H16ClNO4S. The zero-order chi connectivity index (χ0) is 15.3. The third-order valence-electron chi connectivity index (χ3n) is 2.49. The lowest BCUT2D eigenvalue weighted by atomic mass is 10.1. The molecule has 1 N–H and O–H groups in total. The van der Waals surface area contributed by atoms with Gasteiger partial charge in [0.1, 0.15) is 5.75 Å². The van der Waals surface area contributed by atoms with Crippen LogP contribution in [0.25, 0.3) is 0 Å². The Morgan fingerprint density at radius 1 is 1.40 bits per heavy atom. The van der Waals surface area contributed by atoms with Gasteiger partial charge in [0, 0.05) is 17.2 Å². The lowest BCUT2D eigenvalue weighted by molar-refractivity contribution is -0.122. The van der Waals surface area contributed by atoms with E-state index in [1.807, 2.05) is 0 Å². The van der Waals surface area contributed by atoms with Gasteiger partial charge < -0.3 is 10.1 Å². The van der Waals surface area contributed by atoms with Gasteiger partial charge >= 0.3 is 0 Å². The molecule has 0 aliphatic carbocycles. The average Bonchev–Trinajstić information content (AvgIpc) is 2.31. The van der Waals surface area contributed by atoms with Crippen LogP contribution in [0.3, 0.4) is 0 Å². The molecule has 5 nitrogen and oxygen atoms in total. The van der Waals surface area contributed by atoms with Crippen molar-refractivity contribution in [1.82, 2.24) is 5.32 Å². The first-order chi connectivity index (χ1) is 9.25. The minimum Gasteiger partial charge on any atom is -0.484 e. The molecule has 0 spiro atoms. The van der Waals surface area contributed by atoms with Crippen molar-refractivity contribution in [3.63, 3.8) is 0 Å². The predicted octanol–water partition coefficient (Wildman–Crippen LogP) is 1.91. The van der Waals surface area contributed by atoms with Crippen LogP contribution in [0.4, 0.5) is 0 Å². The van der Waals surface area contributed by atoms with Crippen LogP contribution in [0.15, 0.2) is 29.7 Å². The van der Waals surface area contributed by atoms with Crippen molar-refractivity contribution in [1.29, 1.82) is 0 Å². The van der Waals surface area contributed by atoms with Gasteiger partial charge in [-0.3, -0.25) is 4.79 Å². The fraction of sp³-hybridized carbons (Fsp3) is 0.308. The number of rotatable bonds is 6. The van der Waals surface area contributed by atoms with Crippen molar-refractivity contribution < 1.29 is 17.9 Å². The van der Waals surface area contributed by atoms with Crippen LogP contribution in [0.5, 0.6) is 5.75 Å². The van der Waals surface area contributed by atoms with Crippen molar-refractivity contribution in [3.8, 4) is 5.75 Å². The molecule has 0 fully saturated rings. The van der Waals surface area contributed by atoms with E-state index in [4.69, 9.17) is 15.4 Å². The van der Waals surface area contributed by atoms with Gasteiger partial charge in [0.2, 0.25) is 0 Å². The highest BCUT2D eigenvalue weighted by Crippen LogP contribution is 2.28. The minimum atomic E-state index is -3.80. The standard InChI is InChI=1S/C13H16ClNO4S/c1-4-5-15-12(16)8-19-11-6-9(2)13(10(3)7-11)20(14,17)18/h4,6-7H,1,5,8H2,2-3H3,(H,15,16). The highest BCUT2D eigenvalue weighted by Gasteiger charge is 2.18. The van der Waals surface area contributed by atoms with Crippen LogP contribution in [-0.4, -0.2) is 27.5 Å². The van der Waals surface area contributed by atoms with Crippen LogP contribution in [0.1, 0.15) is 11.1 Å². The molecule has 0 bridgehead atoms. The third kappa shape index (κ3) is 4.54. The molecule has 20 heavy (non-hydrogen) atoms. The fourth-order valence-corrected chi connectivity index (χ4v) is 3.38. The highest BCUT2D eigenvalue weighted by atomic mass is 35.7.